The van der Waals surface area contributed by atoms with Gasteiger partial charge in [-0.25, -0.2) is 0 Å². The highest BCUT2D eigenvalue weighted by Crippen LogP contribution is 2.27. The van der Waals surface area contributed by atoms with Crippen LogP contribution in [0.2, 0.25) is 0 Å². The predicted octanol–water partition coefficient (Wildman–Crippen LogP) is 2.57. The van der Waals surface area contributed by atoms with E-state index < -0.39 is 12.0 Å². The van der Waals surface area contributed by atoms with E-state index >= 15 is 0 Å². The first kappa shape index (κ1) is 16.8. The van der Waals surface area contributed by atoms with Crippen molar-refractivity contribution in [3.05, 3.63) is 29.8 Å². The molecule has 0 saturated carbocycles. The van der Waals surface area contributed by atoms with Gasteiger partial charge >= 0.3 is 5.97 Å². The molecule has 3 atom stereocenters. The number of hydrogen-bond donors (Lipinski definition) is 1. The number of methoxy groups -OCH3 is 1. The average Bonchev–Trinajstić information content (AvgIpc) is 2.55. The summed E-state index contributed by atoms with van der Waals surface area (Å²) < 4.78 is 11.0. The number of morpholine rings is 1. The molecule has 1 N–H and O–H groups in total. The van der Waals surface area contributed by atoms with Crippen LogP contribution in [0.3, 0.4) is 0 Å². The van der Waals surface area contributed by atoms with Gasteiger partial charge in [-0.1, -0.05) is 32.4 Å². The zero-order valence-electron chi connectivity index (χ0n) is 13.5. The Kier molecular flexibility index (Phi) is 5.80. The van der Waals surface area contributed by atoms with Crippen molar-refractivity contribution in [3.8, 4) is 5.75 Å². The average molecular weight is 307 g/mol. The molecule has 3 unspecified atom stereocenters. The fourth-order valence-electron chi connectivity index (χ4n) is 2.92. The number of nitrogens with zero attached hydrogens (tertiary/aromatic N) is 1. The lowest BCUT2D eigenvalue weighted by Crippen LogP contribution is -2.51. The molecule has 1 aliphatic heterocycles. The minimum absolute atomic E-state index is 0.0921. The molecule has 1 aromatic rings. The van der Waals surface area contributed by atoms with Crippen molar-refractivity contribution in [2.24, 2.45) is 5.92 Å². The highest BCUT2D eigenvalue weighted by Gasteiger charge is 2.34. The zero-order chi connectivity index (χ0) is 16.1. The minimum atomic E-state index is -0.746. The van der Waals surface area contributed by atoms with Crippen LogP contribution in [0.25, 0.3) is 0 Å². The Balaban J connectivity index is 2.11. The second-order valence-electron chi connectivity index (χ2n) is 5.80. The second-order valence-corrected chi connectivity index (χ2v) is 5.80. The topological polar surface area (TPSA) is 59.0 Å². The molecule has 0 radical (unpaired) electrons. The SMILES string of the molecule is CCC(C)C(C(=O)O)N1CCOC(c2ccc(OC)cc2)C1. The van der Waals surface area contributed by atoms with Gasteiger partial charge in [0.2, 0.25) is 0 Å². The van der Waals surface area contributed by atoms with Crippen molar-refractivity contribution in [2.45, 2.75) is 32.4 Å². The Morgan fingerprint density at radius 1 is 1.45 bits per heavy atom. The molecule has 5 heteroatoms. The lowest BCUT2D eigenvalue weighted by atomic mass is 9.96. The van der Waals surface area contributed by atoms with Gasteiger partial charge < -0.3 is 14.6 Å². The lowest BCUT2D eigenvalue weighted by molar-refractivity contribution is -0.149. The Hall–Kier alpha value is -1.59. The molecule has 122 valence electrons. The molecule has 2 rings (SSSR count). The Bertz CT molecular complexity index is 488. The molecule has 0 amide bonds. The van der Waals surface area contributed by atoms with E-state index in [0.29, 0.717) is 19.7 Å². The Morgan fingerprint density at radius 2 is 2.14 bits per heavy atom. The first-order chi connectivity index (χ1) is 10.6. The summed E-state index contributed by atoms with van der Waals surface area (Å²) in [6, 6.07) is 7.31. The molecule has 22 heavy (non-hydrogen) atoms. The number of rotatable bonds is 6. The van der Waals surface area contributed by atoms with Crippen LogP contribution < -0.4 is 4.74 Å². The third-order valence-corrected chi connectivity index (χ3v) is 4.41. The molecule has 1 fully saturated rings. The van der Waals surface area contributed by atoms with Crippen LogP contribution in [0.15, 0.2) is 24.3 Å². The third-order valence-electron chi connectivity index (χ3n) is 4.41. The molecule has 1 aromatic carbocycles. The molecule has 1 saturated heterocycles. The largest absolute Gasteiger partial charge is 0.497 e. The Morgan fingerprint density at radius 3 is 2.68 bits per heavy atom. The highest BCUT2D eigenvalue weighted by atomic mass is 16.5. The van der Waals surface area contributed by atoms with Crippen LogP contribution in [0.5, 0.6) is 5.75 Å². The number of benzene rings is 1. The predicted molar refractivity (Wildman–Crippen MR) is 84.1 cm³/mol. The molecule has 0 aliphatic carbocycles. The molecule has 0 bridgehead atoms. The number of carboxylic acid groups (broad SMARTS) is 1. The molecule has 0 spiro atoms. The smallest absolute Gasteiger partial charge is 0.321 e. The number of carbonyl (C=O) groups is 1. The van der Waals surface area contributed by atoms with Crippen molar-refractivity contribution in [2.75, 3.05) is 26.8 Å². The highest BCUT2D eigenvalue weighted by molar-refractivity contribution is 5.73. The monoisotopic (exact) mass is 307 g/mol. The summed E-state index contributed by atoms with van der Waals surface area (Å²) in [4.78, 5) is 13.7. The summed E-state index contributed by atoms with van der Waals surface area (Å²) in [6.45, 7) is 5.84. The van der Waals surface area contributed by atoms with Gasteiger partial charge in [0, 0.05) is 13.1 Å². The van der Waals surface area contributed by atoms with Gasteiger partial charge in [0.05, 0.1) is 19.8 Å². The van der Waals surface area contributed by atoms with Crippen LogP contribution in [-0.2, 0) is 9.53 Å². The summed E-state index contributed by atoms with van der Waals surface area (Å²) in [5.41, 5.74) is 1.05. The fraction of sp³-hybridized carbons (Fsp3) is 0.588. The van der Waals surface area contributed by atoms with E-state index in [4.69, 9.17) is 9.47 Å². The van der Waals surface area contributed by atoms with E-state index in [2.05, 4.69) is 0 Å². The van der Waals surface area contributed by atoms with Crippen LogP contribution in [0, 0.1) is 5.92 Å². The normalized spacial score (nSPS) is 22.0. The van der Waals surface area contributed by atoms with Crippen LogP contribution >= 0.6 is 0 Å². The molecule has 1 aliphatic rings. The Labute approximate surface area is 131 Å². The van der Waals surface area contributed by atoms with Crippen LogP contribution in [-0.4, -0.2) is 48.8 Å². The van der Waals surface area contributed by atoms with Gasteiger partial charge in [0.15, 0.2) is 0 Å². The number of hydrogen-bond acceptors (Lipinski definition) is 4. The van der Waals surface area contributed by atoms with Crippen molar-refractivity contribution >= 4 is 5.97 Å². The van der Waals surface area contributed by atoms with E-state index in [0.717, 1.165) is 17.7 Å². The number of ether oxygens (including phenoxy) is 2. The second kappa shape index (κ2) is 7.61. The van der Waals surface area contributed by atoms with Gasteiger partial charge in [-0.15, -0.1) is 0 Å². The van der Waals surface area contributed by atoms with E-state index in [1.54, 1.807) is 7.11 Å². The maximum atomic E-state index is 11.6. The van der Waals surface area contributed by atoms with Gasteiger partial charge in [0.25, 0.3) is 0 Å². The molecule has 5 nitrogen and oxygen atoms in total. The summed E-state index contributed by atoms with van der Waals surface area (Å²) in [5.74, 6) is 0.177. The molecule has 0 aromatic heterocycles. The number of aliphatic carboxylic acids is 1. The maximum absolute atomic E-state index is 11.6. The quantitative estimate of drug-likeness (QED) is 0.875. The fourth-order valence-corrected chi connectivity index (χ4v) is 2.92. The standard InChI is InChI=1S/C17H25NO4/c1-4-12(2)16(17(19)20)18-9-10-22-15(11-18)13-5-7-14(21-3)8-6-13/h5-8,12,15-16H,4,9-11H2,1-3H3,(H,19,20). The van der Waals surface area contributed by atoms with Crippen molar-refractivity contribution in [1.29, 1.82) is 0 Å². The summed E-state index contributed by atoms with van der Waals surface area (Å²) >= 11 is 0. The van der Waals surface area contributed by atoms with Gasteiger partial charge in [0.1, 0.15) is 11.8 Å². The lowest BCUT2D eigenvalue weighted by Gasteiger charge is -2.38. The molecular weight excluding hydrogens is 282 g/mol. The summed E-state index contributed by atoms with van der Waals surface area (Å²) in [7, 11) is 1.64. The van der Waals surface area contributed by atoms with Gasteiger partial charge in [-0.05, 0) is 23.6 Å². The first-order valence-electron chi connectivity index (χ1n) is 7.79. The van der Waals surface area contributed by atoms with Crippen LogP contribution in [0.1, 0.15) is 31.9 Å². The van der Waals surface area contributed by atoms with Crippen molar-refractivity contribution in [3.63, 3.8) is 0 Å². The molecular formula is C17H25NO4. The number of carboxylic acids is 1. The third kappa shape index (κ3) is 3.78. The van der Waals surface area contributed by atoms with Crippen molar-refractivity contribution in [1.82, 2.24) is 4.90 Å². The van der Waals surface area contributed by atoms with Crippen LogP contribution in [0.4, 0.5) is 0 Å². The van der Waals surface area contributed by atoms with Gasteiger partial charge in [-0.2, -0.15) is 0 Å². The minimum Gasteiger partial charge on any atom is -0.497 e. The summed E-state index contributed by atoms with van der Waals surface area (Å²) in [5, 5.41) is 9.55. The van der Waals surface area contributed by atoms with Crippen molar-refractivity contribution < 1.29 is 19.4 Å². The van der Waals surface area contributed by atoms with Gasteiger partial charge in [-0.3, -0.25) is 9.69 Å². The van der Waals surface area contributed by atoms with E-state index in [1.165, 1.54) is 0 Å². The molecule has 1 heterocycles. The maximum Gasteiger partial charge on any atom is 0.321 e. The van der Waals surface area contributed by atoms with E-state index in [-0.39, 0.29) is 12.0 Å². The zero-order valence-corrected chi connectivity index (χ0v) is 13.5. The summed E-state index contributed by atoms with van der Waals surface area (Å²) in [6.07, 6.45) is 0.757. The van der Waals surface area contributed by atoms with E-state index in [9.17, 15) is 9.90 Å². The van der Waals surface area contributed by atoms with E-state index in [1.807, 2.05) is 43.0 Å². The first-order valence-corrected chi connectivity index (χ1v) is 7.79.